The number of rotatable bonds is 6. The van der Waals surface area contributed by atoms with Crippen LogP contribution in [0.5, 0.6) is 5.75 Å². The first-order valence-electron chi connectivity index (χ1n) is 12.3. The molecule has 3 heterocycles. The fraction of sp³-hybridized carbons (Fsp3) is 0.321. The Kier molecular flexibility index (Phi) is 6.90. The predicted molar refractivity (Wildman–Crippen MR) is 138 cm³/mol. The van der Waals surface area contributed by atoms with Crippen molar-refractivity contribution in [3.63, 3.8) is 0 Å². The van der Waals surface area contributed by atoms with Crippen LogP contribution in [-0.4, -0.2) is 57.2 Å². The lowest BCUT2D eigenvalue weighted by molar-refractivity contribution is 0.0600. The van der Waals surface area contributed by atoms with Gasteiger partial charge in [-0.2, -0.15) is 5.10 Å². The van der Waals surface area contributed by atoms with E-state index in [1.165, 1.54) is 24.1 Å². The van der Waals surface area contributed by atoms with Gasteiger partial charge in [0.05, 0.1) is 43.7 Å². The summed E-state index contributed by atoms with van der Waals surface area (Å²) in [4.78, 5) is 26.1. The number of carboxylic acid groups (broad SMARTS) is 1. The van der Waals surface area contributed by atoms with E-state index in [0.29, 0.717) is 36.3 Å². The fourth-order valence-corrected chi connectivity index (χ4v) is 5.52. The van der Waals surface area contributed by atoms with Crippen molar-refractivity contribution in [3.8, 4) is 5.75 Å². The number of hydrogen-bond donors (Lipinski definition) is 1. The van der Waals surface area contributed by atoms with E-state index in [4.69, 9.17) is 9.47 Å². The molecular weight excluding hydrogens is 491 g/mol. The van der Waals surface area contributed by atoms with E-state index < -0.39 is 12.1 Å². The molecule has 2 atom stereocenters. The number of halogens is 1. The number of hydrogen-bond acceptors (Lipinski definition) is 6. The quantitative estimate of drug-likeness (QED) is 0.350. The Morgan fingerprint density at radius 3 is 2.58 bits per heavy atom. The van der Waals surface area contributed by atoms with Crippen LogP contribution in [0.4, 0.5) is 9.18 Å². The average molecular weight is 521 g/mol. The molecule has 0 saturated carbocycles. The number of aryl methyl sites for hydroxylation is 1. The minimum atomic E-state index is -1.05. The van der Waals surface area contributed by atoms with Crippen LogP contribution in [0.25, 0.3) is 10.9 Å². The number of benzene rings is 2. The number of esters is 1. The number of nitrogens with zero attached hydrogens (tertiary/aromatic N) is 4. The van der Waals surface area contributed by atoms with E-state index in [0.717, 1.165) is 28.5 Å². The Balaban J connectivity index is 1.54. The third-order valence-corrected chi connectivity index (χ3v) is 7.36. The van der Waals surface area contributed by atoms with Gasteiger partial charge in [-0.1, -0.05) is 12.1 Å². The molecule has 4 aromatic rings. The molecule has 2 aromatic carbocycles. The Morgan fingerprint density at radius 2 is 1.95 bits per heavy atom. The van der Waals surface area contributed by atoms with E-state index in [1.54, 1.807) is 30.1 Å². The van der Waals surface area contributed by atoms with Gasteiger partial charge in [0.15, 0.2) is 5.82 Å². The molecular formula is C28H29FN4O5. The molecule has 10 heteroatoms. The highest BCUT2D eigenvalue weighted by Crippen LogP contribution is 2.40. The summed E-state index contributed by atoms with van der Waals surface area (Å²) in [6.45, 7) is 3.06. The van der Waals surface area contributed by atoms with Gasteiger partial charge < -0.3 is 14.6 Å². The second kappa shape index (κ2) is 10.3. The van der Waals surface area contributed by atoms with Crippen LogP contribution in [0.15, 0.2) is 55.0 Å². The van der Waals surface area contributed by atoms with Gasteiger partial charge in [0, 0.05) is 36.3 Å². The van der Waals surface area contributed by atoms with Gasteiger partial charge in [-0.05, 0) is 55.2 Å². The maximum atomic E-state index is 13.7. The lowest BCUT2D eigenvalue weighted by Crippen LogP contribution is -2.37. The molecule has 38 heavy (non-hydrogen) atoms. The number of carbonyl (C=O) groups excluding carboxylic acids is 1. The van der Waals surface area contributed by atoms with Crippen LogP contribution in [0.1, 0.15) is 52.0 Å². The summed E-state index contributed by atoms with van der Waals surface area (Å²) in [5, 5.41) is 14.7. The summed E-state index contributed by atoms with van der Waals surface area (Å²) in [6, 6.07) is 10.9. The molecule has 0 spiro atoms. The second-order valence-corrected chi connectivity index (χ2v) is 9.52. The van der Waals surface area contributed by atoms with Crippen LogP contribution < -0.4 is 4.74 Å². The van der Waals surface area contributed by atoms with Crippen molar-refractivity contribution in [2.45, 2.75) is 38.4 Å². The van der Waals surface area contributed by atoms with Crippen LogP contribution in [0.3, 0.4) is 0 Å². The summed E-state index contributed by atoms with van der Waals surface area (Å²) in [7, 11) is 2.96. The van der Waals surface area contributed by atoms with Gasteiger partial charge in [0.2, 0.25) is 0 Å². The SMILES string of the molecule is COC(=O)c1ccc([C@H]2C[C@H](n3cc(F)cn3)CCN2Cc2c(OC)cc(C)c3c2ccn3C(=O)O)cc1. The van der Waals surface area contributed by atoms with E-state index in [2.05, 4.69) is 10.00 Å². The number of aromatic nitrogens is 3. The molecule has 0 amide bonds. The molecule has 0 unspecified atom stereocenters. The largest absolute Gasteiger partial charge is 0.496 e. The third kappa shape index (κ3) is 4.63. The molecule has 0 radical (unpaired) electrons. The number of methoxy groups -OCH3 is 2. The van der Waals surface area contributed by atoms with Crippen molar-refractivity contribution >= 4 is 23.0 Å². The molecule has 0 bridgehead atoms. The maximum absolute atomic E-state index is 13.7. The first kappa shape index (κ1) is 25.5. The van der Waals surface area contributed by atoms with Gasteiger partial charge >= 0.3 is 12.1 Å². The fourth-order valence-electron chi connectivity index (χ4n) is 5.52. The predicted octanol–water partition coefficient (Wildman–Crippen LogP) is 5.19. The number of carbonyl (C=O) groups is 2. The summed E-state index contributed by atoms with van der Waals surface area (Å²) in [6.07, 6.45) is 4.57. The molecule has 1 saturated heterocycles. The zero-order valence-electron chi connectivity index (χ0n) is 21.4. The summed E-state index contributed by atoms with van der Waals surface area (Å²) in [5.41, 5.74) is 3.80. The zero-order chi connectivity index (χ0) is 27.0. The summed E-state index contributed by atoms with van der Waals surface area (Å²) < 4.78 is 27.2. The van der Waals surface area contributed by atoms with Crippen LogP contribution in [0.2, 0.25) is 0 Å². The van der Waals surface area contributed by atoms with E-state index in [1.807, 2.05) is 31.2 Å². The first-order valence-corrected chi connectivity index (χ1v) is 12.3. The molecule has 1 aliphatic heterocycles. The molecule has 1 N–H and O–H groups in total. The number of piperidine rings is 1. The molecule has 9 nitrogen and oxygen atoms in total. The third-order valence-electron chi connectivity index (χ3n) is 7.36. The van der Waals surface area contributed by atoms with Crippen molar-refractivity contribution in [3.05, 3.63) is 83.1 Å². The minimum absolute atomic E-state index is 0.00550. The van der Waals surface area contributed by atoms with E-state index >= 15 is 0 Å². The van der Waals surface area contributed by atoms with E-state index in [-0.39, 0.29) is 17.9 Å². The second-order valence-electron chi connectivity index (χ2n) is 9.52. The van der Waals surface area contributed by atoms with Gasteiger partial charge in [-0.3, -0.25) is 14.1 Å². The first-order chi connectivity index (χ1) is 18.3. The Morgan fingerprint density at radius 1 is 1.18 bits per heavy atom. The summed E-state index contributed by atoms with van der Waals surface area (Å²) in [5.74, 6) is -0.0907. The molecule has 1 aliphatic rings. The topological polar surface area (TPSA) is 98.8 Å². The van der Waals surface area contributed by atoms with E-state index in [9.17, 15) is 19.1 Å². The summed E-state index contributed by atoms with van der Waals surface area (Å²) >= 11 is 0. The Hall–Kier alpha value is -4.18. The molecule has 0 aliphatic carbocycles. The van der Waals surface area contributed by atoms with Crippen molar-refractivity contribution in [2.24, 2.45) is 0 Å². The van der Waals surface area contributed by atoms with Gasteiger partial charge in [-0.15, -0.1) is 0 Å². The van der Waals surface area contributed by atoms with Crippen molar-refractivity contribution in [2.75, 3.05) is 20.8 Å². The van der Waals surface area contributed by atoms with Crippen molar-refractivity contribution in [1.29, 1.82) is 0 Å². The lowest BCUT2D eigenvalue weighted by atomic mass is 9.90. The molecule has 2 aromatic heterocycles. The van der Waals surface area contributed by atoms with Crippen LogP contribution in [-0.2, 0) is 11.3 Å². The minimum Gasteiger partial charge on any atom is -0.496 e. The standard InChI is InChI=1S/C28H29FN4O5/c1-17-12-25(37-2)23(22-9-11-32(26(17)22)28(35)36)16-31-10-8-21(33-15-20(29)14-30-33)13-24(31)18-4-6-19(7-5-18)27(34)38-3/h4-7,9,11-12,14-15,21,24H,8,10,13,16H2,1-3H3,(H,35,36)/t21-,24-/m1/s1. The lowest BCUT2D eigenvalue weighted by Gasteiger charge is -2.40. The van der Waals surface area contributed by atoms with Gasteiger partial charge in [0.1, 0.15) is 5.75 Å². The maximum Gasteiger partial charge on any atom is 0.416 e. The highest BCUT2D eigenvalue weighted by molar-refractivity contribution is 5.94. The highest BCUT2D eigenvalue weighted by atomic mass is 19.1. The Labute approximate surface area is 219 Å². The normalized spacial score (nSPS) is 18.0. The van der Waals surface area contributed by atoms with Gasteiger partial charge in [-0.25, -0.2) is 14.0 Å². The smallest absolute Gasteiger partial charge is 0.416 e. The van der Waals surface area contributed by atoms with Crippen LogP contribution in [0, 0.1) is 12.7 Å². The highest BCUT2D eigenvalue weighted by Gasteiger charge is 2.32. The van der Waals surface area contributed by atoms with Crippen LogP contribution >= 0.6 is 0 Å². The van der Waals surface area contributed by atoms with Crippen molar-refractivity contribution < 1.29 is 28.6 Å². The monoisotopic (exact) mass is 520 g/mol. The number of fused-ring (bicyclic) bond motifs is 1. The Bertz CT molecular complexity index is 1490. The molecule has 198 valence electrons. The number of likely N-dealkylation sites (tertiary alicyclic amines) is 1. The average Bonchev–Trinajstić information content (AvgIpc) is 3.57. The van der Waals surface area contributed by atoms with Crippen molar-refractivity contribution in [1.82, 2.24) is 19.2 Å². The molecule has 5 rings (SSSR count). The number of ether oxygens (including phenoxy) is 2. The molecule has 1 fully saturated rings. The zero-order valence-corrected chi connectivity index (χ0v) is 21.4. The van der Waals surface area contributed by atoms with Gasteiger partial charge in [0.25, 0.3) is 0 Å².